The molecule has 4 heteroatoms. The van der Waals surface area contributed by atoms with E-state index in [0.29, 0.717) is 5.92 Å². The van der Waals surface area contributed by atoms with E-state index in [4.69, 9.17) is 0 Å². The highest BCUT2D eigenvalue weighted by Gasteiger charge is 2.17. The summed E-state index contributed by atoms with van der Waals surface area (Å²) in [5.41, 5.74) is 1.68. The quantitative estimate of drug-likeness (QED) is 0.868. The van der Waals surface area contributed by atoms with Crippen molar-refractivity contribution < 1.29 is 4.79 Å². The summed E-state index contributed by atoms with van der Waals surface area (Å²) >= 11 is 0. The monoisotopic (exact) mass is 261 g/mol. The summed E-state index contributed by atoms with van der Waals surface area (Å²) < 4.78 is 0. The molecule has 1 aliphatic rings. The van der Waals surface area contributed by atoms with E-state index in [1.54, 1.807) is 0 Å². The molecule has 0 aromatic heterocycles. The maximum absolute atomic E-state index is 12.1. The molecule has 1 fully saturated rings. The van der Waals surface area contributed by atoms with Crippen LogP contribution in [0.3, 0.4) is 0 Å². The zero-order chi connectivity index (χ0) is 13.7. The van der Waals surface area contributed by atoms with Crippen molar-refractivity contribution in [2.45, 2.75) is 12.8 Å². The molecule has 104 valence electrons. The Morgan fingerprint density at radius 2 is 2.32 bits per heavy atom. The van der Waals surface area contributed by atoms with E-state index in [1.165, 1.54) is 19.4 Å². The van der Waals surface area contributed by atoms with Crippen molar-refractivity contribution >= 4 is 11.6 Å². The maximum Gasteiger partial charge on any atom is 0.251 e. The molecule has 0 aliphatic carbocycles. The lowest BCUT2D eigenvalue weighted by Gasteiger charge is -2.29. The van der Waals surface area contributed by atoms with Gasteiger partial charge in [-0.2, -0.15) is 0 Å². The summed E-state index contributed by atoms with van der Waals surface area (Å²) in [6, 6.07) is 7.58. The number of amides is 1. The van der Waals surface area contributed by atoms with Crippen molar-refractivity contribution in [1.29, 1.82) is 0 Å². The first-order valence-electron chi connectivity index (χ1n) is 6.93. The Morgan fingerprint density at radius 1 is 1.47 bits per heavy atom. The van der Waals surface area contributed by atoms with Gasteiger partial charge in [-0.1, -0.05) is 6.07 Å². The van der Waals surface area contributed by atoms with Crippen LogP contribution in [0.1, 0.15) is 23.2 Å². The molecule has 1 atom stereocenters. The minimum Gasteiger partial charge on any atom is -0.388 e. The van der Waals surface area contributed by atoms with Crippen LogP contribution >= 0.6 is 0 Å². The number of hydrogen-bond donors (Lipinski definition) is 2. The number of benzene rings is 1. The van der Waals surface area contributed by atoms with Gasteiger partial charge in [0.15, 0.2) is 0 Å². The van der Waals surface area contributed by atoms with E-state index < -0.39 is 0 Å². The number of likely N-dealkylation sites (tertiary alicyclic amines) is 1. The summed E-state index contributed by atoms with van der Waals surface area (Å²) in [5.74, 6) is 0.598. The van der Waals surface area contributed by atoms with Crippen molar-refractivity contribution in [2.24, 2.45) is 5.92 Å². The van der Waals surface area contributed by atoms with Crippen LogP contribution in [0.15, 0.2) is 24.3 Å². The van der Waals surface area contributed by atoms with E-state index in [2.05, 4.69) is 22.6 Å². The van der Waals surface area contributed by atoms with Crippen LogP contribution in [0, 0.1) is 5.92 Å². The van der Waals surface area contributed by atoms with Crippen LogP contribution in [0.5, 0.6) is 0 Å². The molecule has 1 unspecified atom stereocenters. The van der Waals surface area contributed by atoms with Crippen molar-refractivity contribution in [3.8, 4) is 0 Å². The normalized spacial score (nSPS) is 20.0. The van der Waals surface area contributed by atoms with E-state index >= 15 is 0 Å². The Labute approximate surface area is 115 Å². The molecule has 0 saturated carbocycles. The molecule has 2 rings (SSSR count). The molecule has 1 aromatic carbocycles. The van der Waals surface area contributed by atoms with Crippen LogP contribution in [0.25, 0.3) is 0 Å². The van der Waals surface area contributed by atoms with Gasteiger partial charge in [-0.15, -0.1) is 0 Å². The molecule has 0 bridgehead atoms. The first-order valence-corrected chi connectivity index (χ1v) is 6.93. The van der Waals surface area contributed by atoms with Gasteiger partial charge in [0.05, 0.1) is 0 Å². The van der Waals surface area contributed by atoms with Gasteiger partial charge >= 0.3 is 0 Å². The van der Waals surface area contributed by atoms with Crippen LogP contribution in [0.2, 0.25) is 0 Å². The molecular formula is C15H23N3O. The van der Waals surface area contributed by atoms with Gasteiger partial charge in [0.1, 0.15) is 0 Å². The Morgan fingerprint density at radius 3 is 3.05 bits per heavy atom. The molecule has 0 spiro atoms. The summed E-state index contributed by atoms with van der Waals surface area (Å²) in [4.78, 5) is 14.4. The molecule has 1 heterocycles. The molecule has 4 nitrogen and oxygen atoms in total. The fourth-order valence-electron chi connectivity index (χ4n) is 2.59. The lowest BCUT2D eigenvalue weighted by atomic mass is 9.98. The standard InChI is InChI=1S/C15H23N3O/c1-16-14-7-3-6-13(9-14)15(19)17-10-12-5-4-8-18(2)11-12/h3,6-7,9,12,16H,4-5,8,10-11H2,1-2H3,(H,17,19). The van der Waals surface area contributed by atoms with Gasteiger partial charge in [-0.05, 0) is 50.6 Å². The van der Waals surface area contributed by atoms with E-state index in [-0.39, 0.29) is 5.91 Å². The SMILES string of the molecule is CNc1cccc(C(=O)NCC2CCCN(C)C2)c1. The van der Waals surface area contributed by atoms with Crippen molar-refractivity contribution in [3.05, 3.63) is 29.8 Å². The Hall–Kier alpha value is -1.55. The summed E-state index contributed by atoms with van der Waals surface area (Å²) in [6.07, 6.45) is 2.44. The first kappa shape index (κ1) is 13.9. The summed E-state index contributed by atoms with van der Waals surface area (Å²) in [5, 5.41) is 6.09. The molecule has 1 amide bonds. The number of hydrogen-bond acceptors (Lipinski definition) is 3. The summed E-state index contributed by atoms with van der Waals surface area (Å²) in [6.45, 7) is 3.03. The number of nitrogens with zero attached hydrogens (tertiary/aromatic N) is 1. The number of rotatable bonds is 4. The average Bonchev–Trinajstić information content (AvgIpc) is 2.45. The van der Waals surface area contributed by atoms with E-state index in [0.717, 1.165) is 24.3 Å². The predicted octanol–water partition coefficient (Wildman–Crippen LogP) is 1.80. The molecular weight excluding hydrogens is 238 g/mol. The highest BCUT2D eigenvalue weighted by molar-refractivity contribution is 5.95. The number of nitrogens with one attached hydrogen (secondary N) is 2. The fraction of sp³-hybridized carbons (Fsp3) is 0.533. The highest BCUT2D eigenvalue weighted by atomic mass is 16.1. The number of carbonyl (C=O) groups is 1. The second-order valence-electron chi connectivity index (χ2n) is 5.31. The molecule has 1 saturated heterocycles. The van der Waals surface area contributed by atoms with Crippen molar-refractivity contribution in [2.75, 3.05) is 39.0 Å². The number of carbonyl (C=O) groups excluding carboxylic acids is 1. The van der Waals surface area contributed by atoms with Crippen molar-refractivity contribution in [3.63, 3.8) is 0 Å². The van der Waals surface area contributed by atoms with Crippen LogP contribution < -0.4 is 10.6 Å². The lowest BCUT2D eigenvalue weighted by molar-refractivity contribution is 0.0937. The fourth-order valence-corrected chi connectivity index (χ4v) is 2.59. The maximum atomic E-state index is 12.1. The van der Waals surface area contributed by atoms with Gasteiger partial charge in [-0.25, -0.2) is 0 Å². The van der Waals surface area contributed by atoms with Crippen LogP contribution in [-0.4, -0.2) is 44.5 Å². The third kappa shape index (κ3) is 3.96. The van der Waals surface area contributed by atoms with Gasteiger partial charge in [-0.3, -0.25) is 4.79 Å². The van der Waals surface area contributed by atoms with E-state index in [9.17, 15) is 4.79 Å². The van der Waals surface area contributed by atoms with Gasteiger partial charge < -0.3 is 15.5 Å². The molecule has 2 N–H and O–H groups in total. The lowest BCUT2D eigenvalue weighted by Crippen LogP contribution is -2.39. The molecule has 0 radical (unpaired) electrons. The van der Waals surface area contributed by atoms with Crippen LogP contribution in [0.4, 0.5) is 5.69 Å². The van der Waals surface area contributed by atoms with E-state index in [1.807, 2.05) is 31.3 Å². The number of anilines is 1. The summed E-state index contributed by atoms with van der Waals surface area (Å²) in [7, 11) is 4.00. The first-order chi connectivity index (χ1) is 9.19. The number of piperidine rings is 1. The van der Waals surface area contributed by atoms with Gasteiger partial charge in [0.25, 0.3) is 5.91 Å². The zero-order valence-corrected chi connectivity index (χ0v) is 11.8. The zero-order valence-electron chi connectivity index (χ0n) is 11.8. The molecule has 19 heavy (non-hydrogen) atoms. The van der Waals surface area contributed by atoms with Crippen molar-refractivity contribution in [1.82, 2.24) is 10.2 Å². The largest absolute Gasteiger partial charge is 0.388 e. The Kier molecular flexibility index (Phi) is 4.80. The minimum atomic E-state index is 0.0188. The van der Waals surface area contributed by atoms with Gasteiger partial charge in [0.2, 0.25) is 0 Å². The Balaban J connectivity index is 1.86. The minimum absolute atomic E-state index is 0.0188. The van der Waals surface area contributed by atoms with Crippen LogP contribution in [-0.2, 0) is 0 Å². The highest BCUT2D eigenvalue weighted by Crippen LogP contribution is 2.14. The molecule has 1 aromatic rings. The topological polar surface area (TPSA) is 44.4 Å². The second kappa shape index (κ2) is 6.57. The third-order valence-electron chi connectivity index (χ3n) is 3.69. The second-order valence-corrected chi connectivity index (χ2v) is 5.31. The Bertz CT molecular complexity index is 433. The molecule has 1 aliphatic heterocycles. The van der Waals surface area contributed by atoms with Gasteiger partial charge in [0, 0.05) is 31.4 Å². The predicted molar refractivity (Wildman–Crippen MR) is 78.5 cm³/mol. The average molecular weight is 261 g/mol. The smallest absolute Gasteiger partial charge is 0.251 e. The third-order valence-corrected chi connectivity index (χ3v) is 3.69.